The Kier molecular flexibility index (Phi) is 10.8. The molecule has 1 rings (SSSR count). The van der Waals surface area contributed by atoms with Gasteiger partial charge in [-0.3, -0.25) is 9.51 Å². The number of aromatic nitrogens is 2. The summed E-state index contributed by atoms with van der Waals surface area (Å²) in [7, 11) is 0. The second-order valence-electron chi connectivity index (χ2n) is 7.22. The van der Waals surface area contributed by atoms with Gasteiger partial charge in [-0.1, -0.05) is 96.6 Å². The van der Waals surface area contributed by atoms with Gasteiger partial charge >= 0.3 is 5.76 Å². The van der Waals surface area contributed by atoms with Gasteiger partial charge < -0.3 is 0 Å². The van der Waals surface area contributed by atoms with Crippen molar-refractivity contribution in [1.29, 1.82) is 0 Å². The SMILES string of the molecule is CCCCCCCCCCCCCC(CC)(CC)c1noc(=O)[nH]1. The molecular formula is C20H38N2O2. The summed E-state index contributed by atoms with van der Waals surface area (Å²) in [5, 5.41) is 3.96. The fourth-order valence-corrected chi connectivity index (χ4v) is 3.64. The Hall–Kier alpha value is -1.06. The zero-order valence-corrected chi connectivity index (χ0v) is 16.2. The standard InChI is InChI=1S/C20H38N2O2/c1-4-7-8-9-10-11-12-13-14-15-16-17-20(5-2,6-3)18-21-19(23)24-22-18/h4-17H2,1-3H3,(H,21,22,23). The minimum atomic E-state index is -0.435. The van der Waals surface area contributed by atoms with Crippen molar-refractivity contribution in [2.24, 2.45) is 0 Å². The normalized spacial score (nSPS) is 12.0. The van der Waals surface area contributed by atoms with E-state index in [-0.39, 0.29) is 5.41 Å². The molecule has 4 heteroatoms. The van der Waals surface area contributed by atoms with E-state index in [1.807, 2.05) is 0 Å². The van der Waals surface area contributed by atoms with Crippen LogP contribution in [0, 0.1) is 0 Å². The van der Waals surface area contributed by atoms with E-state index in [0.29, 0.717) is 0 Å². The maximum absolute atomic E-state index is 11.2. The molecule has 0 spiro atoms. The highest BCUT2D eigenvalue weighted by atomic mass is 16.5. The van der Waals surface area contributed by atoms with Gasteiger partial charge in [0, 0.05) is 5.41 Å². The Labute approximate surface area is 147 Å². The average molecular weight is 339 g/mol. The number of unbranched alkanes of at least 4 members (excludes halogenated alkanes) is 10. The van der Waals surface area contributed by atoms with E-state index in [2.05, 4.69) is 30.9 Å². The fourth-order valence-electron chi connectivity index (χ4n) is 3.64. The Morgan fingerprint density at radius 2 is 1.33 bits per heavy atom. The van der Waals surface area contributed by atoms with E-state index in [1.54, 1.807) is 0 Å². The van der Waals surface area contributed by atoms with Crippen LogP contribution in [0.15, 0.2) is 9.32 Å². The van der Waals surface area contributed by atoms with Crippen LogP contribution in [0.4, 0.5) is 0 Å². The summed E-state index contributed by atoms with van der Waals surface area (Å²) in [6.45, 7) is 6.62. The lowest BCUT2D eigenvalue weighted by Crippen LogP contribution is -2.26. The van der Waals surface area contributed by atoms with Crippen molar-refractivity contribution in [3.63, 3.8) is 0 Å². The Balaban J connectivity index is 2.15. The maximum atomic E-state index is 11.2. The number of H-pyrrole nitrogens is 1. The van der Waals surface area contributed by atoms with Crippen LogP contribution in [0.5, 0.6) is 0 Å². The summed E-state index contributed by atoms with van der Waals surface area (Å²) < 4.78 is 4.72. The molecule has 1 aromatic rings. The van der Waals surface area contributed by atoms with Crippen LogP contribution < -0.4 is 5.76 Å². The summed E-state index contributed by atoms with van der Waals surface area (Å²) in [4.78, 5) is 14.0. The molecule has 0 saturated carbocycles. The Morgan fingerprint density at radius 1 is 0.833 bits per heavy atom. The monoisotopic (exact) mass is 338 g/mol. The van der Waals surface area contributed by atoms with Crippen molar-refractivity contribution < 1.29 is 4.52 Å². The number of hydrogen-bond donors (Lipinski definition) is 1. The van der Waals surface area contributed by atoms with Gasteiger partial charge in [-0.2, -0.15) is 0 Å². The molecule has 1 heterocycles. The van der Waals surface area contributed by atoms with Gasteiger partial charge in [0.05, 0.1) is 0 Å². The Bertz CT molecular complexity index is 460. The number of aromatic amines is 1. The molecule has 0 bridgehead atoms. The predicted octanol–water partition coefficient (Wildman–Crippen LogP) is 6.12. The summed E-state index contributed by atoms with van der Waals surface area (Å²) in [6.07, 6.45) is 18.0. The third-order valence-electron chi connectivity index (χ3n) is 5.56. The van der Waals surface area contributed by atoms with E-state index in [0.717, 1.165) is 25.1 Å². The molecule has 0 radical (unpaired) electrons. The lowest BCUT2D eigenvalue weighted by Gasteiger charge is -2.28. The smallest absolute Gasteiger partial charge is 0.296 e. The molecule has 140 valence electrons. The largest absolute Gasteiger partial charge is 0.438 e. The highest BCUT2D eigenvalue weighted by Crippen LogP contribution is 2.34. The predicted molar refractivity (Wildman–Crippen MR) is 100 cm³/mol. The second-order valence-corrected chi connectivity index (χ2v) is 7.22. The van der Waals surface area contributed by atoms with Crippen molar-refractivity contribution in [2.45, 2.75) is 116 Å². The van der Waals surface area contributed by atoms with E-state index in [1.165, 1.54) is 70.6 Å². The van der Waals surface area contributed by atoms with Crippen molar-refractivity contribution >= 4 is 0 Å². The summed E-state index contributed by atoms with van der Waals surface area (Å²) >= 11 is 0. The first-order chi connectivity index (χ1) is 11.7. The van der Waals surface area contributed by atoms with Gasteiger partial charge in [0.2, 0.25) is 0 Å². The van der Waals surface area contributed by atoms with Crippen LogP contribution in [0.3, 0.4) is 0 Å². The summed E-state index contributed by atoms with van der Waals surface area (Å²) in [6, 6.07) is 0. The zero-order valence-electron chi connectivity index (χ0n) is 16.2. The van der Waals surface area contributed by atoms with Crippen molar-refractivity contribution in [2.75, 3.05) is 0 Å². The molecular weight excluding hydrogens is 300 g/mol. The highest BCUT2D eigenvalue weighted by Gasteiger charge is 2.32. The zero-order chi connectivity index (χ0) is 17.7. The first-order valence-corrected chi connectivity index (χ1v) is 10.2. The average Bonchev–Trinajstić information content (AvgIpc) is 3.03. The van der Waals surface area contributed by atoms with Crippen LogP contribution in [0.1, 0.15) is 116 Å². The van der Waals surface area contributed by atoms with Gasteiger partial charge in [-0.05, 0) is 19.3 Å². The third kappa shape index (κ3) is 7.23. The van der Waals surface area contributed by atoms with Gasteiger partial charge in [0.25, 0.3) is 0 Å². The van der Waals surface area contributed by atoms with Gasteiger partial charge in [0.15, 0.2) is 5.82 Å². The van der Waals surface area contributed by atoms with Crippen molar-refractivity contribution in [1.82, 2.24) is 10.1 Å². The molecule has 0 aliphatic rings. The molecule has 0 atom stereocenters. The topological polar surface area (TPSA) is 58.9 Å². The van der Waals surface area contributed by atoms with E-state index in [4.69, 9.17) is 4.52 Å². The first-order valence-electron chi connectivity index (χ1n) is 10.2. The Morgan fingerprint density at radius 3 is 1.75 bits per heavy atom. The van der Waals surface area contributed by atoms with E-state index >= 15 is 0 Å². The highest BCUT2D eigenvalue weighted by molar-refractivity contribution is 5.04. The molecule has 0 saturated heterocycles. The molecule has 24 heavy (non-hydrogen) atoms. The number of rotatable bonds is 15. The molecule has 4 nitrogen and oxygen atoms in total. The number of nitrogens with one attached hydrogen (secondary N) is 1. The lowest BCUT2D eigenvalue weighted by atomic mass is 9.77. The van der Waals surface area contributed by atoms with Gasteiger partial charge in [-0.15, -0.1) is 0 Å². The summed E-state index contributed by atoms with van der Waals surface area (Å²) in [5.74, 6) is 0.305. The van der Waals surface area contributed by atoms with E-state index < -0.39 is 5.76 Å². The van der Waals surface area contributed by atoms with Gasteiger partial charge in [-0.25, -0.2) is 4.79 Å². The molecule has 0 amide bonds. The molecule has 1 aromatic heterocycles. The molecule has 0 aliphatic heterocycles. The second kappa shape index (κ2) is 12.3. The van der Waals surface area contributed by atoms with Crippen molar-refractivity contribution in [3.05, 3.63) is 16.4 Å². The molecule has 1 N–H and O–H groups in total. The maximum Gasteiger partial charge on any atom is 0.438 e. The fraction of sp³-hybridized carbons (Fsp3) is 0.900. The number of nitrogens with zero attached hydrogens (tertiary/aromatic N) is 1. The lowest BCUT2D eigenvalue weighted by molar-refractivity contribution is 0.305. The van der Waals surface area contributed by atoms with Crippen LogP contribution in [0.25, 0.3) is 0 Å². The van der Waals surface area contributed by atoms with Gasteiger partial charge in [0.1, 0.15) is 0 Å². The molecule has 0 aliphatic carbocycles. The van der Waals surface area contributed by atoms with Crippen LogP contribution in [0.2, 0.25) is 0 Å². The summed E-state index contributed by atoms with van der Waals surface area (Å²) in [5.41, 5.74) is -0.0224. The van der Waals surface area contributed by atoms with Crippen LogP contribution >= 0.6 is 0 Å². The molecule has 0 fully saturated rings. The molecule has 0 unspecified atom stereocenters. The quantitative estimate of drug-likeness (QED) is 0.392. The molecule has 0 aromatic carbocycles. The minimum absolute atomic E-state index is 0.0224. The number of hydrogen-bond acceptors (Lipinski definition) is 3. The van der Waals surface area contributed by atoms with Crippen molar-refractivity contribution in [3.8, 4) is 0 Å². The third-order valence-corrected chi connectivity index (χ3v) is 5.56. The van der Waals surface area contributed by atoms with Crippen LogP contribution in [-0.4, -0.2) is 10.1 Å². The first kappa shape index (κ1) is 21.0. The van der Waals surface area contributed by atoms with Crippen LogP contribution in [-0.2, 0) is 5.41 Å². The van der Waals surface area contributed by atoms with E-state index in [9.17, 15) is 4.79 Å². The minimum Gasteiger partial charge on any atom is -0.296 e.